The van der Waals surface area contributed by atoms with E-state index in [0.29, 0.717) is 0 Å². The molecule has 2 aromatic rings. The van der Waals surface area contributed by atoms with Crippen molar-refractivity contribution in [3.05, 3.63) is 68.7 Å². The SMILES string of the molecule is Cc1ccc(C(N)Cc2ccccc2Cl)c(Br)c1. The molecule has 3 heteroatoms. The molecule has 0 bridgehead atoms. The molecule has 2 rings (SSSR count). The van der Waals surface area contributed by atoms with Gasteiger partial charge in [0.15, 0.2) is 0 Å². The molecule has 0 aliphatic heterocycles. The first kappa shape index (κ1) is 13.6. The van der Waals surface area contributed by atoms with Crippen molar-refractivity contribution in [1.29, 1.82) is 0 Å². The Kier molecular flexibility index (Phi) is 4.44. The minimum absolute atomic E-state index is 0.0557. The molecule has 0 aliphatic rings. The van der Waals surface area contributed by atoms with E-state index in [0.717, 1.165) is 27.0 Å². The maximum Gasteiger partial charge on any atom is 0.0438 e. The van der Waals surface area contributed by atoms with Crippen LogP contribution < -0.4 is 5.73 Å². The lowest BCUT2D eigenvalue weighted by Crippen LogP contribution is -2.14. The lowest BCUT2D eigenvalue weighted by molar-refractivity contribution is 0.718. The van der Waals surface area contributed by atoms with Gasteiger partial charge in [0, 0.05) is 15.5 Å². The summed E-state index contributed by atoms with van der Waals surface area (Å²) in [5, 5.41) is 0.774. The Balaban J connectivity index is 2.22. The van der Waals surface area contributed by atoms with E-state index < -0.39 is 0 Å². The summed E-state index contributed by atoms with van der Waals surface area (Å²) in [5.74, 6) is 0. The molecule has 2 N–H and O–H groups in total. The second-order valence-electron chi connectivity index (χ2n) is 4.43. The molecular weight excluding hydrogens is 310 g/mol. The average Bonchev–Trinajstić information content (AvgIpc) is 2.32. The average molecular weight is 325 g/mol. The number of rotatable bonds is 3. The number of benzene rings is 2. The molecule has 0 fully saturated rings. The first-order chi connectivity index (χ1) is 8.58. The van der Waals surface area contributed by atoms with Gasteiger partial charge in [0.1, 0.15) is 0 Å². The van der Waals surface area contributed by atoms with E-state index >= 15 is 0 Å². The normalized spacial score (nSPS) is 12.4. The number of hydrogen-bond acceptors (Lipinski definition) is 1. The maximum absolute atomic E-state index is 6.26. The van der Waals surface area contributed by atoms with E-state index in [-0.39, 0.29) is 6.04 Å². The number of halogens is 2. The second-order valence-corrected chi connectivity index (χ2v) is 5.69. The van der Waals surface area contributed by atoms with Crippen molar-refractivity contribution in [3.63, 3.8) is 0 Å². The Morgan fingerprint density at radius 1 is 1.22 bits per heavy atom. The molecular formula is C15H15BrClN. The predicted octanol–water partition coefficient (Wildman–Crippen LogP) is 4.65. The molecule has 1 atom stereocenters. The van der Waals surface area contributed by atoms with Gasteiger partial charge >= 0.3 is 0 Å². The molecule has 94 valence electrons. The van der Waals surface area contributed by atoms with Gasteiger partial charge in [-0.3, -0.25) is 0 Å². The van der Waals surface area contributed by atoms with Crippen LogP contribution in [0.25, 0.3) is 0 Å². The summed E-state index contributed by atoms with van der Waals surface area (Å²) in [4.78, 5) is 0. The summed E-state index contributed by atoms with van der Waals surface area (Å²) in [6.07, 6.45) is 0.737. The lowest BCUT2D eigenvalue weighted by atomic mass is 9.99. The summed E-state index contributed by atoms with van der Waals surface area (Å²) in [6.45, 7) is 2.06. The summed E-state index contributed by atoms with van der Waals surface area (Å²) in [6, 6.07) is 14.0. The summed E-state index contributed by atoms with van der Waals surface area (Å²) in [7, 11) is 0. The predicted molar refractivity (Wildman–Crippen MR) is 81.0 cm³/mol. The van der Waals surface area contributed by atoms with Crippen LogP contribution in [0.2, 0.25) is 5.02 Å². The fraction of sp³-hybridized carbons (Fsp3) is 0.200. The van der Waals surface area contributed by atoms with Crippen LogP contribution in [0.3, 0.4) is 0 Å². The largest absolute Gasteiger partial charge is 0.324 e. The van der Waals surface area contributed by atoms with Crippen LogP contribution in [0.15, 0.2) is 46.9 Å². The number of hydrogen-bond donors (Lipinski definition) is 1. The molecule has 0 saturated heterocycles. The molecule has 0 spiro atoms. The van der Waals surface area contributed by atoms with Crippen LogP contribution in [0.5, 0.6) is 0 Å². The molecule has 2 aromatic carbocycles. The van der Waals surface area contributed by atoms with E-state index in [4.69, 9.17) is 17.3 Å². The van der Waals surface area contributed by atoms with E-state index in [1.165, 1.54) is 5.56 Å². The first-order valence-corrected chi connectivity index (χ1v) is 7.00. The van der Waals surface area contributed by atoms with Gasteiger partial charge in [-0.1, -0.05) is 57.9 Å². The Labute approximate surface area is 121 Å². The fourth-order valence-corrected chi connectivity index (χ4v) is 2.94. The Hall–Kier alpha value is -0.830. The van der Waals surface area contributed by atoms with Crippen LogP contribution in [0.4, 0.5) is 0 Å². The minimum Gasteiger partial charge on any atom is -0.324 e. The van der Waals surface area contributed by atoms with E-state index in [1.807, 2.05) is 24.3 Å². The Bertz CT molecular complexity index is 554. The molecule has 18 heavy (non-hydrogen) atoms. The van der Waals surface area contributed by atoms with Crippen molar-refractivity contribution in [2.45, 2.75) is 19.4 Å². The van der Waals surface area contributed by atoms with Gasteiger partial charge in [-0.05, 0) is 42.2 Å². The van der Waals surface area contributed by atoms with E-state index in [2.05, 4.69) is 41.1 Å². The first-order valence-electron chi connectivity index (χ1n) is 5.83. The molecule has 0 aromatic heterocycles. The van der Waals surface area contributed by atoms with Gasteiger partial charge in [0.25, 0.3) is 0 Å². The highest BCUT2D eigenvalue weighted by Gasteiger charge is 2.12. The van der Waals surface area contributed by atoms with Crippen molar-refractivity contribution in [2.24, 2.45) is 5.73 Å². The Morgan fingerprint density at radius 2 is 1.94 bits per heavy atom. The van der Waals surface area contributed by atoms with Crippen molar-refractivity contribution in [3.8, 4) is 0 Å². The molecule has 0 saturated carbocycles. The van der Waals surface area contributed by atoms with Crippen molar-refractivity contribution < 1.29 is 0 Å². The third-order valence-corrected chi connectivity index (χ3v) is 4.01. The van der Waals surface area contributed by atoms with Crippen molar-refractivity contribution >= 4 is 27.5 Å². The van der Waals surface area contributed by atoms with Crippen LogP contribution in [-0.2, 0) is 6.42 Å². The summed E-state index contributed by atoms with van der Waals surface area (Å²) < 4.78 is 1.06. The van der Waals surface area contributed by atoms with Crippen LogP contribution in [0, 0.1) is 6.92 Å². The fourth-order valence-electron chi connectivity index (χ4n) is 1.94. The molecule has 1 nitrogen and oxygen atoms in total. The zero-order chi connectivity index (χ0) is 13.1. The van der Waals surface area contributed by atoms with Gasteiger partial charge < -0.3 is 5.73 Å². The zero-order valence-corrected chi connectivity index (χ0v) is 12.5. The topological polar surface area (TPSA) is 26.0 Å². The number of nitrogens with two attached hydrogens (primary N) is 1. The highest BCUT2D eigenvalue weighted by molar-refractivity contribution is 9.10. The lowest BCUT2D eigenvalue weighted by Gasteiger charge is -2.15. The van der Waals surface area contributed by atoms with Gasteiger partial charge in [0.2, 0.25) is 0 Å². The molecule has 0 heterocycles. The summed E-state index contributed by atoms with van der Waals surface area (Å²) in [5.41, 5.74) is 9.67. The Morgan fingerprint density at radius 3 is 2.61 bits per heavy atom. The summed E-state index contributed by atoms with van der Waals surface area (Å²) >= 11 is 9.72. The quantitative estimate of drug-likeness (QED) is 0.873. The smallest absolute Gasteiger partial charge is 0.0438 e. The monoisotopic (exact) mass is 323 g/mol. The standard InChI is InChI=1S/C15H15BrClN/c1-10-6-7-12(13(16)8-10)15(18)9-11-4-2-3-5-14(11)17/h2-8,15H,9,18H2,1H3. The zero-order valence-electron chi connectivity index (χ0n) is 10.2. The minimum atomic E-state index is -0.0557. The highest BCUT2D eigenvalue weighted by Crippen LogP contribution is 2.27. The van der Waals surface area contributed by atoms with Crippen LogP contribution in [0.1, 0.15) is 22.7 Å². The van der Waals surface area contributed by atoms with Crippen molar-refractivity contribution in [2.75, 3.05) is 0 Å². The third-order valence-electron chi connectivity index (χ3n) is 2.95. The van der Waals surface area contributed by atoms with Gasteiger partial charge in [-0.15, -0.1) is 0 Å². The number of aryl methyl sites for hydroxylation is 1. The molecule has 1 unspecified atom stereocenters. The van der Waals surface area contributed by atoms with E-state index in [1.54, 1.807) is 0 Å². The van der Waals surface area contributed by atoms with Crippen molar-refractivity contribution in [1.82, 2.24) is 0 Å². The molecule has 0 aliphatic carbocycles. The van der Waals surface area contributed by atoms with E-state index in [9.17, 15) is 0 Å². The molecule has 0 radical (unpaired) electrons. The van der Waals surface area contributed by atoms with Crippen LogP contribution >= 0.6 is 27.5 Å². The maximum atomic E-state index is 6.26. The highest BCUT2D eigenvalue weighted by atomic mass is 79.9. The third kappa shape index (κ3) is 3.14. The molecule has 0 amide bonds. The second kappa shape index (κ2) is 5.87. The van der Waals surface area contributed by atoms with Gasteiger partial charge in [-0.25, -0.2) is 0 Å². The van der Waals surface area contributed by atoms with Crippen LogP contribution in [-0.4, -0.2) is 0 Å². The van der Waals surface area contributed by atoms with Gasteiger partial charge in [0.05, 0.1) is 0 Å². The van der Waals surface area contributed by atoms with Gasteiger partial charge in [-0.2, -0.15) is 0 Å².